The van der Waals surface area contributed by atoms with Crippen LogP contribution in [0, 0.1) is 17.7 Å². The number of nitrogens with two attached hydrogens (primary N) is 1. The normalized spacial score (nSPS) is 29.5. The molecule has 1 aliphatic carbocycles. The molecule has 7 nitrogen and oxygen atoms in total. The highest BCUT2D eigenvalue weighted by Crippen LogP contribution is 2.53. The van der Waals surface area contributed by atoms with Crippen LogP contribution in [0.3, 0.4) is 0 Å². The van der Waals surface area contributed by atoms with Crippen LogP contribution < -0.4 is 16.0 Å². The van der Waals surface area contributed by atoms with Crippen LogP contribution in [-0.2, 0) is 7.05 Å². The number of hydrogen-bond donors (Lipinski definition) is 2. The minimum atomic E-state index is -0.422. The quantitative estimate of drug-likeness (QED) is 0.875. The minimum Gasteiger partial charge on any atom is -0.352 e. The van der Waals surface area contributed by atoms with Gasteiger partial charge in [-0.25, -0.2) is 9.37 Å². The molecule has 2 aromatic rings. The number of aromatic nitrogens is 4. The molecule has 2 aliphatic rings. The summed E-state index contributed by atoms with van der Waals surface area (Å²) in [7, 11) is 1.82. The highest BCUT2D eigenvalue weighted by Gasteiger charge is 2.64. The molecule has 0 spiro atoms. The van der Waals surface area contributed by atoms with E-state index in [1.807, 2.05) is 11.9 Å². The first-order chi connectivity index (χ1) is 10.5. The molecule has 3 atom stereocenters. The lowest BCUT2D eigenvalue weighted by molar-refractivity contribution is 0.583. The predicted octanol–water partition coefficient (Wildman–Crippen LogP) is 0.876. The van der Waals surface area contributed by atoms with Gasteiger partial charge in [-0.15, -0.1) is 0 Å². The number of rotatable bonds is 3. The lowest BCUT2D eigenvalue weighted by Crippen LogP contribution is -2.36. The van der Waals surface area contributed by atoms with Gasteiger partial charge in [0.05, 0.1) is 18.1 Å². The third kappa shape index (κ3) is 1.94. The predicted molar refractivity (Wildman–Crippen MR) is 80.3 cm³/mol. The van der Waals surface area contributed by atoms with Crippen LogP contribution in [0.4, 0.5) is 21.8 Å². The molecule has 0 radical (unpaired) electrons. The molecule has 0 aromatic carbocycles. The molecule has 2 fully saturated rings. The van der Waals surface area contributed by atoms with E-state index >= 15 is 0 Å². The number of fused-ring (bicyclic) bond motifs is 1. The maximum absolute atomic E-state index is 14.1. The van der Waals surface area contributed by atoms with Crippen LogP contribution in [0.2, 0.25) is 0 Å². The molecule has 22 heavy (non-hydrogen) atoms. The molecular weight excluding hydrogens is 285 g/mol. The van der Waals surface area contributed by atoms with E-state index in [1.165, 1.54) is 6.20 Å². The molecule has 0 amide bonds. The molecule has 1 saturated heterocycles. The van der Waals surface area contributed by atoms with E-state index < -0.39 is 5.82 Å². The number of hydrogen-bond acceptors (Lipinski definition) is 6. The van der Waals surface area contributed by atoms with Gasteiger partial charge in [0.1, 0.15) is 0 Å². The maximum atomic E-state index is 14.1. The number of nitrogens with one attached hydrogen (secondary N) is 1. The monoisotopic (exact) mass is 303 g/mol. The molecular formula is C14H18FN7. The Bertz CT molecular complexity index is 730. The fourth-order valence-corrected chi connectivity index (χ4v) is 3.39. The summed E-state index contributed by atoms with van der Waals surface area (Å²) < 4.78 is 15.7. The first-order valence-electron chi connectivity index (χ1n) is 7.29. The topological polar surface area (TPSA) is 84.9 Å². The van der Waals surface area contributed by atoms with Crippen LogP contribution in [-0.4, -0.2) is 38.4 Å². The van der Waals surface area contributed by atoms with Gasteiger partial charge in [0.15, 0.2) is 11.6 Å². The number of nitrogens with zero attached hydrogens (tertiary/aromatic N) is 5. The average Bonchev–Trinajstić information content (AvgIpc) is 2.87. The zero-order valence-corrected chi connectivity index (χ0v) is 12.5. The van der Waals surface area contributed by atoms with E-state index in [0.717, 1.165) is 12.2 Å². The number of aryl methyl sites for hydroxylation is 1. The van der Waals surface area contributed by atoms with Crippen LogP contribution in [0.1, 0.15) is 6.92 Å². The molecule has 0 bridgehead atoms. The Morgan fingerprint density at radius 3 is 2.91 bits per heavy atom. The first-order valence-corrected chi connectivity index (χ1v) is 7.29. The van der Waals surface area contributed by atoms with E-state index in [9.17, 15) is 4.39 Å². The van der Waals surface area contributed by atoms with Gasteiger partial charge in [-0.1, -0.05) is 6.92 Å². The largest absolute Gasteiger partial charge is 0.352 e. The highest BCUT2D eigenvalue weighted by molar-refractivity contribution is 5.54. The fourth-order valence-electron chi connectivity index (χ4n) is 3.39. The van der Waals surface area contributed by atoms with Crippen molar-refractivity contribution in [3.05, 3.63) is 24.4 Å². The zero-order valence-electron chi connectivity index (χ0n) is 12.5. The van der Waals surface area contributed by atoms with Crippen molar-refractivity contribution in [1.29, 1.82) is 0 Å². The maximum Gasteiger partial charge on any atom is 0.229 e. The van der Waals surface area contributed by atoms with E-state index in [0.29, 0.717) is 30.1 Å². The standard InChI is InChI=1S/C14H18FN7/c1-8-10-6-22(7-14(8,10)16)12-11(15)4-17-13(20-12)19-9-3-18-21(2)5-9/h3-5,8,10H,6-7,16H2,1-2H3,(H,17,19,20)/t8-,10+,14+/m0/s1. The Morgan fingerprint density at radius 1 is 1.45 bits per heavy atom. The van der Waals surface area contributed by atoms with Gasteiger partial charge < -0.3 is 16.0 Å². The summed E-state index contributed by atoms with van der Waals surface area (Å²) >= 11 is 0. The van der Waals surface area contributed by atoms with E-state index in [1.54, 1.807) is 17.1 Å². The van der Waals surface area contributed by atoms with Gasteiger partial charge in [-0.3, -0.25) is 4.68 Å². The van der Waals surface area contributed by atoms with Crippen molar-refractivity contribution in [2.75, 3.05) is 23.3 Å². The van der Waals surface area contributed by atoms with Gasteiger partial charge in [0.2, 0.25) is 5.95 Å². The summed E-state index contributed by atoms with van der Waals surface area (Å²) in [5.74, 6) is 1.17. The Kier molecular flexibility index (Phi) is 2.68. The van der Waals surface area contributed by atoms with Crippen molar-refractivity contribution in [3.63, 3.8) is 0 Å². The van der Waals surface area contributed by atoms with Crippen LogP contribution in [0.25, 0.3) is 0 Å². The molecule has 8 heteroatoms. The summed E-state index contributed by atoms with van der Waals surface area (Å²) in [6, 6.07) is 0. The summed E-state index contributed by atoms with van der Waals surface area (Å²) in [5.41, 5.74) is 6.87. The lowest BCUT2D eigenvalue weighted by Gasteiger charge is -2.22. The smallest absolute Gasteiger partial charge is 0.229 e. The third-order valence-corrected chi connectivity index (χ3v) is 4.90. The zero-order chi connectivity index (χ0) is 15.5. The van der Waals surface area contributed by atoms with Crippen molar-refractivity contribution >= 4 is 17.5 Å². The fraction of sp³-hybridized carbons (Fsp3) is 0.500. The van der Waals surface area contributed by atoms with Gasteiger partial charge in [0, 0.05) is 37.8 Å². The number of piperidine rings is 1. The highest BCUT2D eigenvalue weighted by atomic mass is 19.1. The molecule has 116 valence electrons. The number of anilines is 3. The SMILES string of the molecule is C[C@H]1[C@H]2CN(c3nc(Nc4cnn(C)c4)ncc3F)C[C@]21N. The first kappa shape index (κ1) is 13.4. The molecule has 3 heterocycles. The van der Waals surface area contributed by atoms with Gasteiger partial charge in [0.25, 0.3) is 0 Å². The molecule has 3 N–H and O–H groups in total. The second-order valence-electron chi connectivity index (χ2n) is 6.28. The Balaban J connectivity index is 1.57. The van der Waals surface area contributed by atoms with E-state index in [2.05, 4.69) is 27.3 Å². The summed E-state index contributed by atoms with van der Waals surface area (Å²) in [5, 5.41) is 7.09. The summed E-state index contributed by atoms with van der Waals surface area (Å²) in [6.45, 7) is 3.53. The van der Waals surface area contributed by atoms with Crippen LogP contribution in [0.5, 0.6) is 0 Å². The average molecular weight is 303 g/mol. The Hall–Kier alpha value is -2.22. The van der Waals surface area contributed by atoms with E-state index in [4.69, 9.17) is 5.73 Å². The summed E-state index contributed by atoms with van der Waals surface area (Å²) in [4.78, 5) is 10.2. The molecule has 1 aliphatic heterocycles. The molecule has 2 aromatic heterocycles. The lowest BCUT2D eigenvalue weighted by atomic mass is 10.2. The Morgan fingerprint density at radius 2 is 2.27 bits per heavy atom. The molecule has 1 saturated carbocycles. The van der Waals surface area contributed by atoms with Gasteiger partial charge in [-0.2, -0.15) is 10.1 Å². The molecule has 0 unspecified atom stereocenters. The number of halogens is 1. The summed E-state index contributed by atoms with van der Waals surface area (Å²) in [6.07, 6.45) is 4.65. The van der Waals surface area contributed by atoms with Crippen molar-refractivity contribution in [2.45, 2.75) is 12.5 Å². The van der Waals surface area contributed by atoms with Gasteiger partial charge in [-0.05, 0) is 5.92 Å². The van der Waals surface area contributed by atoms with Crippen LogP contribution >= 0.6 is 0 Å². The van der Waals surface area contributed by atoms with Crippen molar-refractivity contribution in [2.24, 2.45) is 24.6 Å². The van der Waals surface area contributed by atoms with E-state index in [-0.39, 0.29) is 5.54 Å². The van der Waals surface area contributed by atoms with Crippen molar-refractivity contribution < 1.29 is 4.39 Å². The van der Waals surface area contributed by atoms with Crippen molar-refractivity contribution in [1.82, 2.24) is 19.7 Å². The Labute approximate surface area is 127 Å². The second-order valence-corrected chi connectivity index (χ2v) is 6.28. The minimum absolute atomic E-state index is 0.186. The third-order valence-electron chi connectivity index (χ3n) is 4.90. The molecule has 4 rings (SSSR count). The second kappa shape index (κ2) is 4.39. The van der Waals surface area contributed by atoms with Gasteiger partial charge >= 0.3 is 0 Å². The van der Waals surface area contributed by atoms with Crippen molar-refractivity contribution in [3.8, 4) is 0 Å². The van der Waals surface area contributed by atoms with Crippen LogP contribution in [0.15, 0.2) is 18.6 Å².